The molecule has 0 fully saturated rings. The third-order valence-electron chi connectivity index (χ3n) is 2.67. The van der Waals surface area contributed by atoms with Crippen molar-refractivity contribution in [1.82, 2.24) is 20.1 Å². The Kier molecular flexibility index (Phi) is 4.93. The van der Waals surface area contributed by atoms with Crippen LogP contribution in [0.25, 0.3) is 0 Å². The number of alkyl halides is 1. The molecule has 0 aliphatic carbocycles. The summed E-state index contributed by atoms with van der Waals surface area (Å²) in [6, 6.07) is 1.94. The van der Waals surface area contributed by atoms with Gasteiger partial charge in [-0.15, -0.1) is 22.9 Å². The first-order chi connectivity index (χ1) is 9.19. The molecule has 0 saturated heterocycles. The number of hydrogen-bond acceptors (Lipinski definition) is 4. The lowest BCUT2D eigenvalue weighted by atomic mass is 10.3. The first-order valence-corrected chi connectivity index (χ1v) is 7.33. The number of hydrogen-bond donors (Lipinski definition) is 1. The number of thiazole rings is 1. The topological polar surface area (TPSA) is 59.8 Å². The van der Waals surface area contributed by atoms with Gasteiger partial charge in [-0.1, -0.05) is 0 Å². The molecule has 2 heterocycles. The number of amides is 1. The number of carbonyl (C=O) groups is 1. The van der Waals surface area contributed by atoms with Crippen molar-refractivity contribution in [3.05, 3.63) is 34.0 Å². The molecular weight excluding hydrogens is 284 g/mol. The first-order valence-electron chi connectivity index (χ1n) is 5.92. The maximum Gasteiger partial charge on any atom is 0.226 e. The summed E-state index contributed by atoms with van der Waals surface area (Å²) < 4.78 is 1.81. The Balaban J connectivity index is 1.74. The van der Waals surface area contributed by atoms with Gasteiger partial charge in [0.25, 0.3) is 0 Å². The van der Waals surface area contributed by atoms with Crippen LogP contribution in [0.5, 0.6) is 0 Å². The zero-order valence-corrected chi connectivity index (χ0v) is 12.2. The zero-order valence-electron chi connectivity index (χ0n) is 10.6. The van der Waals surface area contributed by atoms with Crippen LogP contribution in [0.2, 0.25) is 0 Å². The number of carbonyl (C=O) groups excluding carboxylic acids is 1. The van der Waals surface area contributed by atoms with Crippen LogP contribution in [-0.4, -0.2) is 27.2 Å². The number of halogens is 1. The van der Waals surface area contributed by atoms with Gasteiger partial charge in [-0.05, 0) is 6.07 Å². The van der Waals surface area contributed by atoms with E-state index in [1.165, 1.54) is 11.3 Å². The molecular formula is C12H15ClN4OS. The number of aryl methyl sites for hydroxylation is 1. The molecule has 0 saturated carbocycles. The minimum Gasteiger partial charge on any atom is -0.355 e. The number of rotatable bonds is 6. The Labute approximate surface area is 120 Å². The highest BCUT2D eigenvalue weighted by molar-refractivity contribution is 7.09. The lowest BCUT2D eigenvalue weighted by Crippen LogP contribution is -2.27. The van der Waals surface area contributed by atoms with E-state index < -0.39 is 0 Å². The monoisotopic (exact) mass is 298 g/mol. The Morgan fingerprint density at radius 3 is 3.05 bits per heavy atom. The van der Waals surface area contributed by atoms with Crippen LogP contribution in [0.15, 0.2) is 17.6 Å². The highest BCUT2D eigenvalue weighted by Gasteiger charge is 2.07. The molecule has 1 amide bonds. The maximum absolute atomic E-state index is 11.7. The van der Waals surface area contributed by atoms with E-state index in [1.807, 2.05) is 18.5 Å². The van der Waals surface area contributed by atoms with Crippen LogP contribution >= 0.6 is 22.9 Å². The second kappa shape index (κ2) is 6.68. The van der Waals surface area contributed by atoms with E-state index in [0.29, 0.717) is 18.8 Å². The van der Waals surface area contributed by atoms with Crippen molar-refractivity contribution in [3.63, 3.8) is 0 Å². The fraction of sp³-hybridized carbons (Fsp3) is 0.417. The Hall–Kier alpha value is -1.40. The van der Waals surface area contributed by atoms with Gasteiger partial charge < -0.3 is 5.32 Å². The Bertz CT molecular complexity index is 551. The smallest absolute Gasteiger partial charge is 0.226 e. The van der Waals surface area contributed by atoms with E-state index in [-0.39, 0.29) is 5.91 Å². The number of nitrogens with zero attached hydrogens (tertiary/aromatic N) is 3. The zero-order chi connectivity index (χ0) is 13.7. The first kappa shape index (κ1) is 14.0. The van der Waals surface area contributed by atoms with Gasteiger partial charge in [0.15, 0.2) is 0 Å². The van der Waals surface area contributed by atoms with Crippen LogP contribution in [0.1, 0.15) is 16.4 Å². The molecule has 0 aliphatic rings. The van der Waals surface area contributed by atoms with Crippen LogP contribution in [0, 0.1) is 0 Å². The SMILES string of the molecule is Cn1nccc1CCNC(=O)Cc1nc(CCl)cs1. The Morgan fingerprint density at radius 2 is 2.42 bits per heavy atom. The molecule has 0 spiro atoms. The Morgan fingerprint density at radius 1 is 1.58 bits per heavy atom. The van der Waals surface area contributed by atoms with E-state index in [9.17, 15) is 4.79 Å². The van der Waals surface area contributed by atoms with Crippen molar-refractivity contribution in [1.29, 1.82) is 0 Å². The number of nitrogens with one attached hydrogen (secondary N) is 1. The summed E-state index contributed by atoms with van der Waals surface area (Å²) in [5.41, 5.74) is 1.92. The molecule has 19 heavy (non-hydrogen) atoms. The van der Waals surface area contributed by atoms with E-state index in [1.54, 1.807) is 10.9 Å². The molecule has 7 heteroatoms. The fourth-order valence-corrected chi connectivity index (χ4v) is 2.69. The second-order valence-electron chi connectivity index (χ2n) is 4.09. The molecule has 0 bridgehead atoms. The van der Waals surface area contributed by atoms with Gasteiger partial charge in [0, 0.05) is 37.3 Å². The van der Waals surface area contributed by atoms with Crippen molar-refractivity contribution in [2.75, 3.05) is 6.54 Å². The minimum atomic E-state index is -0.0161. The lowest BCUT2D eigenvalue weighted by molar-refractivity contribution is -0.120. The quantitative estimate of drug-likeness (QED) is 0.823. The molecule has 1 N–H and O–H groups in total. The van der Waals surface area contributed by atoms with Gasteiger partial charge in [0.1, 0.15) is 5.01 Å². The van der Waals surface area contributed by atoms with Crippen LogP contribution in [0.3, 0.4) is 0 Å². The summed E-state index contributed by atoms with van der Waals surface area (Å²) in [6.07, 6.45) is 2.83. The van der Waals surface area contributed by atoms with Gasteiger partial charge in [-0.2, -0.15) is 5.10 Å². The molecule has 0 radical (unpaired) electrons. The van der Waals surface area contributed by atoms with Gasteiger partial charge in [-0.3, -0.25) is 9.48 Å². The van der Waals surface area contributed by atoms with E-state index in [0.717, 1.165) is 22.8 Å². The third-order valence-corrected chi connectivity index (χ3v) is 3.85. The summed E-state index contributed by atoms with van der Waals surface area (Å²) in [5, 5.41) is 9.63. The molecule has 0 unspecified atom stereocenters. The average Bonchev–Trinajstić information content (AvgIpc) is 2.99. The maximum atomic E-state index is 11.7. The minimum absolute atomic E-state index is 0.0161. The van der Waals surface area contributed by atoms with Crippen molar-refractivity contribution in [2.24, 2.45) is 7.05 Å². The summed E-state index contributed by atoms with van der Waals surface area (Å²) in [7, 11) is 1.89. The molecule has 0 atom stereocenters. The molecule has 0 aliphatic heterocycles. The molecule has 0 aromatic carbocycles. The number of aromatic nitrogens is 3. The van der Waals surface area contributed by atoms with Crippen LogP contribution in [0.4, 0.5) is 0 Å². The standard InChI is InChI=1S/C12H15ClN4OS/c1-17-10(3-5-15-17)2-4-14-11(18)6-12-16-9(7-13)8-19-12/h3,5,8H,2,4,6-7H2,1H3,(H,14,18). The molecule has 2 rings (SSSR count). The van der Waals surface area contributed by atoms with E-state index in [2.05, 4.69) is 15.4 Å². The highest BCUT2D eigenvalue weighted by Crippen LogP contribution is 2.11. The highest BCUT2D eigenvalue weighted by atomic mass is 35.5. The second-order valence-corrected chi connectivity index (χ2v) is 5.30. The molecule has 102 valence electrons. The lowest BCUT2D eigenvalue weighted by Gasteiger charge is -2.04. The predicted molar refractivity (Wildman–Crippen MR) is 75.3 cm³/mol. The van der Waals surface area contributed by atoms with Crippen LogP contribution in [-0.2, 0) is 30.6 Å². The fourth-order valence-electron chi connectivity index (χ4n) is 1.67. The van der Waals surface area contributed by atoms with Gasteiger partial charge >= 0.3 is 0 Å². The summed E-state index contributed by atoms with van der Waals surface area (Å²) in [5.74, 6) is 0.371. The van der Waals surface area contributed by atoms with Crippen molar-refractivity contribution in [2.45, 2.75) is 18.7 Å². The molecule has 2 aromatic rings. The molecule has 5 nitrogen and oxygen atoms in total. The summed E-state index contributed by atoms with van der Waals surface area (Å²) in [6.45, 7) is 0.603. The third kappa shape index (κ3) is 4.04. The van der Waals surface area contributed by atoms with Gasteiger partial charge in [-0.25, -0.2) is 4.98 Å². The summed E-state index contributed by atoms with van der Waals surface area (Å²) in [4.78, 5) is 16.0. The normalized spacial score (nSPS) is 10.6. The van der Waals surface area contributed by atoms with Crippen LogP contribution < -0.4 is 5.32 Å². The van der Waals surface area contributed by atoms with Crippen molar-refractivity contribution >= 4 is 28.8 Å². The van der Waals surface area contributed by atoms with E-state index in [4.69, 9.17) is 11.6 Å². The van der Waals surface area contributed by atoms with Crippen molar-refractivity contribution in [3.8, 4) is 0 Å². The van der Waals surface area contributed by atoms with Gasteiger partial charge in [0.05, 0.1) is 18.0 Å². The van der Waals surface area contributed by atoms with E-state index >= 15 is 0 Å². The van der Waals surface area contributed by atoms with Gasteiger partial charge in [0.2, 0.25) is 5.91 Å². The largest absolute Gasteiger partial charge is 0.355 e. The summed E-state index contributed by atoms with van der Waals surface area (Å²) >= 11 is 7.13. The molecule has 2 aromatic heterocycles. The average molecular weight is 299 g/mol. The predicted octanol–water partition coefficient (Wildman–Crippen LogP) is 1.52. The van der Waals surface area contributed by atoms with Crippen molar-refractivity contribution < 1.29 is 4.79 Å².